The fourth-order valence-corrected chi connectivity index (χ4v) is 1.56. The lowest BCUT2D eigenvalue weighted by atomic mass is 10.1. The van der Waals surface area contributed by atoms with Gasteiger partial charge in [0.25, 0.3) is 0 Å². The van der Waals surface area contributed by atoms with Crippen molar-refractivity contribution in [3.05, 3.63) is 35.1 Å². The summed E-state index contributed by atoms with van der Waals surface area (Å²) in [4.78, 5) is 10.9. The van der Waals surface area contributed by atoms with Gasteiger partial charge < -0.3 is 10.8 Å². The summed E-state index contributed by atoms with van der Waals surface area (Å²) in [6, 6.07) is 6.73. The summed E-state index contributed by atoms with van der Waals surface area (Å²) >= 11 is 0. The highest BCUT2D eigenvalue weighted by Gasteiger charge is 2.38. The Kier molecular flexibility index (Phi) is 8.83. The van der Waals surface area contributed by atoms with Gasteiger partial charge in [-0.3, -0.25) is 4.90 Å². The molecule has 0 aliphatic heterocycles. The van der Waals surface area contributed by atoms with Gasteiger partial charge in [-0.2, -0.15) is 18.4 Å². The van der Waals surface area contributed by atoms with Crippen LogP contribution in [-0.2, 0) is 11.3 Å². The molecule has 0 heterocycles. The number of nitrogens with zero attached hydrogens (tertiary/aromatic N) is 2. The molecule has 5 nitrogen and oxygen atoms in total. The molecule has 0 radical (unpaired) electrons. The summed E-state index contributed by atoms with van der Waals surface area (Å²) in [5.74, 6) is -3.17. The van der Waals surface area contributed by atoms with E-state index in [9.17, 15) is 17.6 Å². The number of carbonyl (C=O) groups is 1. The number of benzene rings is 1. The van der Waals surface area contributed by atoms with Crippen LogP contribution in [0.15, 0.2) is 18.2 Å². The first-order valence-electron chi connectivity index (χ1n) is 6.57. The van der Waals surface area contributed by atoms with Crippen molar-refractivity contribution in [1.29, 1.82) is 5.26 Å². The molecule has 9 heteroatoms. The van der Waals surface area contributed by atoms with E-state index in [1.165, 1.54) is 6.07 Å². The second-order valence-electron chi connectivity index (χ2n) is 4.35. The number of alkyl halides is 3. The van der Waals surface area contributed by atoms with Crippen LogP contribution in [0.25, 0.3) is 0 Å². The van der Waals surface area contributed by atoms with Gasteiger partial charge in [0.05, 0.1) is 5.56 Å². The molecule has 1 rings (SSSR count). The molecule has 3 N–H and O–H groups in total. The van der Waals surface area contributed by atoms with E-state index in [2.05, 4.69) is 0 Å². The number of rotatable bonds is 5. The topological polar surface area (TPSA) is 90.4 Å². The summed E-state index contributed by atoms with van der Waals surface area (Å²) in [6.45, 7) is 4.59. The largest absolute Gasteiger partial charge is 0.490 e. The lowest BCUT2D eigenvalue weighted by Crippen LogP contribution is -2.29. The van der Waals surface area contributed by atoms with Gasteiger partial charge in [-0.05, 0) is 12.6 Å². The van der Waals surface area contributed by atoms with E-state index in [0.717, 1.165) is 13.1 Å². The molecule has 0 amide bonds. The van der Waals surface area contributed by atoms with Crippen molar-refractivity contribution in [2.45, 2.75) is 19.6 Å². The summed E-state index contributed by atoms with van der Waals surface area (Å²) in [5, 5.41) is 15.8. The number of nitriles is 1. The molecule has 0 fully saturated rings. The van der Waals surface area contributed by atoms with Crippen molar-refractivity contribution < 1.29 is 27.5 Å². The molecule has 0 aliphatic carbocycles. The summed E-state index contributed by atoms with van der Waals surface area (Å²) < 4.78 is 45.5. The highest BCUT2D eigenvalue weighted by molar-refractivity contribution is 5.73. The van der Waals surface area contributed by atoms with Crippen molar-refractivity contribution in [3.8, 4) is 6.07 Å². The first-order valence-corrected chi connectivity index (χ1v) is 6.57. The maximum atomic E-state index is 13.7. The molecule has 1 aromatic carbocycles. The van der Waals surface area contributed by atoms with E-state index >= 15 is 0 Å². The number of hydrogen-bond acceptors (Lipinski definition) is 4. The minimum absolute atomic E-state index is 0.0984. The molecule has 0 bridgehead atoms. The molecule has 1 aromatic rings. The predicted octanol–water partition coefficient (Wildman–Crippen LogP) is 2.11. The second kappa shape index (κ2) is 9.76. The van der Waals surface area contributed by atoms with E-state index in [0.29, 0.717) is 18.7 Å². The summed E-state index contributed by atoms with van der Waals surface area (Å²) in [5.41, 5.74) is 6.11. The number of nitrogens with two attached hydrogens (primary N) is 1. The third kappa shape index (κ3) is 7.58. The number of carboxylic acid groups (broad SMARTS) is 1. The van der Waals surface area contributed by atoms with Crippen LogP contribution in [0.1, 0.15) is 18.1 Å². The Balaban J connectivity index is 0.000000585. The molecule has 0 aromatic heterocycles. The highest BCUT2D eigenvalue weighted by atomic mass is 19.4. The van der Waals surface area contributed by atoms with Crippen LogP contribution in [0.3, 0.4) is 0 Å². The van der Waals surface area contributed by atoms with Gasteiger partial charge in [-0.25, -0.2) is 9.18 Å². The average molecular weight is 335 g/mol. The lowest BCUT2D eigenvalue weighted by molar-refractivity contribution is -0.192. The van der Waals surface area contributed by atoms with Crippen molar-refractivity contribution in [3.63, 3.8) is 0 Å². The Morgan fingerprint density at radius 2 is 2.00 bits per heavy atom. The normalized spacial score (nSPS) is 10.7. The van der Waals surface area contributed by atoms with E-state index < -0.39 is 18.0 Å². The smallest absolute Gasteiger partial charge is 0.475 e. The zero-order chi connectivity index (χ0) is 18.0. The summed E-state index contributed by atoms with van der Waals surface area (Å²) in [7, 11) is 0. The molecule has 23 heavy (non-hydrogen) atoms. The Hall–Kier alpha value is -2.18. The Bertz CT molecular complexity index is 556. The SMILES string of the molecule is CCN(CCN)Cc1cccc(C#N)c1F.O=C(O)C(F)(F)F. The fourth-order valence-electron chi connectivity index (χ4n) is 1.56. The molecule has 0 unspecified atom stereocenters. The molecule has 0 atom stereocenters. The van der Waals surface area contributed by atoms with E-state index in [1.807, 2.05) is 17.9 Å². The standard InChI is InChI=1S/C12H16FN3.C2HF3O2/c1-2-16(7-6-14)9-11-5-3-4-10(8-15)12(11)13;3-2(4,5)1(6)7/h3-5H,2,6-7,9,14H2,1H3;(H,6,7). The average Bonchev–Trinajstić information content (AvgIpc) is 2.48. The van der Waals surface area contributed by atoms with Crippen molar-refractivity contribution in [2.75, 3.05) is 19.6 Å². The molecule has 0 aliphatic rings. The Morgan fingerprint density at radius 3 is 2.39 bits per heavy atom. The number of carboxylic acids is 1. The minimum atomic E-state index is -5.08. The Labute approximate surface area is 130 Å². The Morgan fingerprint density at radius 1 is 1.43 bits per heavy atom. The quantitative estimate of drug-likeness (QED) is 0.804. The maximum absolute atomic E-state index is 13.7. The van der Waals surface area contributed by atoms with Gasteiger partial charge in [0.1, 0.15) is 11.9 Å². The first kappa shape index (κ1) is 20.8. The van der Waals surface area contributed by atoms with Crippen molar-refractivity contribution >= 4 is 5.97 Å². The summed E-state index contributed by atoms with van der Waals surface area (Å²) in [6.07, 6.45) is -5.08. The van der Waals surface area contributed by atoms with E-state index in [4.69, 9.17) is 20.9 Å². The maximum Gasteiger partial charge on any atom is 0.490 e. The molecular formula is C14H17F4N3O2. The molecule has 0 saturated carbocycles. The zero-order valence-corrected chi connectivity index (χ0v) is 12.4. The molecule has 0 saturated heterocycles. The van der Waals surface area contributed by atoms with Crippen molar-refractivity contribution in [2.24, 2.45) is 5.73 Å². The van der Waals surface area contributed by atoms with Gasteiger partial charge in [0, 0.05) is 25.2 Å². The lowest BCUT2D eigenvalue weighted by Gasteiger charge is -2.19. The molecular weight excluding hydrogens is 318 g/mol. The minimum Gasteiger partial charge on any atom is -0.475 e. The van der Waals surface area contributed by atoms with E-state index in [-0.39, 0.29) is 5.56 Å². The molecule has 128 valence electrons. The van der Waals surface area contributed by atoms with Crippen LogP contribution >= 0.6 is 0 Å². The van der Waals surface area contributed by atoms with Crippen LogP contribution < -0.4 is 5.73 Å². The fraction of sp³-hybridized carbons (Fsp3) is 0.429. The molecule has 0 spiro atoms. The predicted molar refractivity (Wildman–Crippen MR) is 74.8 cm³/mol. The van der Waals surface area contributed by atoms with Gasteiger partial charge in [0.15, 0.2) is 0 Å². The third-order valence-corrected chi connectivity index (χ3v) is 2.73. The van der Waals surface area contributed by atoms with Crippen LogP contribution in [0, 0.1) is 17.1 Å². The number of hydrogen-bond donors (Lipinski definition) is 2. The zero-order valence-electron chi connectivity index (χ0n) is 12.4. The van der Waals surface area contributed by atoms with Gasteiger partial charge in [-0.1, -0.05) is 19.1 Å². The highest BCUT2D eigenvalue weighted by Crippen LogP contribution is 2.14. The van der Waals surface area contributed by atoms with E-state index in [1.54, 1.807) is 12.1 Å². The second-order valence-corrected chi connectivity index (χ2v) is 4.35. The van der Waals surface area contributed by atoms with Crippen LogP contribution in [0.4, 0.5) is 17.6 Å². The van der Waals surface area contributed by atoms with Crippen LogP contribution in [-0.4, -0.2) is 41.8 Å². The number of likely N-dealkylation sites (N-methyl/N-ethyl adjacent to an activating group) is 1. The van der Waals surface area contributed by atoms with Gasteiger partial charge >= 0.3 is 12.1 Å². The number of aliphatic carboxylic acids is 1. The number of halogens is 4. The van der Waals surface area contributed by atoms with Gasteiger partial charge in [0.2, 0.25) is 0 Å². The third-order valence-electron chi connectivity index (χ3n) is 2.73. The van der Waals surface area contributed by atoms with Crippen molar-refractivity contribution in [1.82, 2.24) is 4.90 Å². The monoisotopic (exact) mass is 335 g/mol. The van der Waals surface area contributed by atoms with Gasteiger partial charge in [-0.15, -0.1) is 0 Å². The van der Waals surface area contributed by atoms with Crippen LogP contribution in [0.5, 0.6) is 0 Å². The first-order chi connectivity index (χ1) is 10.7. The van der Waals surface area contributed by atoms with Crippen LogP contribution in [0.2, 0.25) is 0 Å².